The SMILES string of the molecule is CNC(C)(CCOc1ccc([N+](=O)[O-])cc1F)C(=O)O. The van der Waals surface area contributed by atoms with E-state index in [1.165, 1.54) is 14.0 Å². The number of non-ortho nitro benzene ring substituents is 1. The number of hydrogen-bond acceptors (Lipinski definition) is 5. The number of carboxylic acid groups (broad SMARTS) is 1. The molecule has 20 heavy (non-hydrogen) atoms. The summed E-state index contributed by atoms with van der Waals surface area (Å²) < 4.78 is 18.6. The van der Waals surface area contributed by atoms with Gasteiger partial charge >= 0.3 is 5.97 Å². The van der Waals surface area contributed by atoms with Crippen LogP contribution in [0.25, 0.3) is 0 Å². The average Bonchev–Trinajstić information content (AvgIpc) is 2.39. The molecule has 0 saturated heterocycles. The molecule has 110 valence electrons. The van der Waals surface area contributed by atoms with Crippen LogP contribution in [0, 0.1) is 15.9 Å². The number of ether oxygens (including phenoxy) is 1. The molecule has 0 aliphatic carbocycles. The molecular weight excluding hydrogens is 271 g/mol. The molecule has 1 atom stereocenters. The predicted molar refractivity (Wildman–Crippen MR) is 68.3 cm³/mol. The second-order valence-electron chi connectivity index (χ2n) is 4.36. The Balaban J connectivity index is 2.67. The Hall–Kier alpha value is -2.22. The first-order chi connectivity index (χ1) is 9.30. The summed E-state index contributed by atoms with van der Waals surface area (Å²) in [4.78, 5) is 20.7. The Kier molecular flexibility index (Phi) is 4.98. The van der Waals surface area contributed by atoms with Crippen molar-refractivity contribution in [3.63, 3.8) is 0 Å². The maximum Gasteiger partial charge on any atom is 0.323 e. The lowest BCUT2D eigenvalue weighted by Crippen LogP contribution is -2.48. The lowest BCUT2D eigenvalue weighted by Gasteiger charge is -2.23. The van der Waals surface area contributed by atoms with E-state index in [9.17, 15) is 19.3 Å². The van der Waals surface area contributed by atoms with Crippen LogP contribution in [-0.4, -0.2) is 35.2 Å². The van der Waals surface area contributed by atoms with E-state index in [1.807, 2.05) is 0 Å². The van der Waals surface area contributed by atoms with Crippen molar-refractivity contribution in [3.05, 3.63) is 34.1 Å². The fraction of sp³-hybridized carbons (Fsp3) is 0.417. The van der Waals surface area contributed by atoms with E-state index in [2.05, 4.69) is 5.32 Å². The standard InChI is InChI=1S/C12H15FN2O5/c1-12(14-2,11(16)17)5-6-20-10-4-3-8(15(18)19)7-9(10)13/h3-4,7,14H,5-6H2,1-2H3,(H,16,17). The van der Waals surface area contributed by atoms with Crippen molar-refractivity contribution in [2.75, 3.05) is 13.7 Å². The third kappa shape index (κ3) is 3.64. The predicted octanol–water partition coefficient (Wildman–Crippen LogP) is 1.57. The van der Waals surface area contributed by atoms with Crippen molar-refractivity contribution in [1.82, 2.24) is 5.32 Å². The first-order valence-corrected chi connectivity index (χ1v) is 5.79. The number of rotatable bonds is 7. The summed E-state index contributed by atoms with van der Waals surface area (Å²) in [6.45, 7) is 1.43. The van der Waals surface area contributed by atoms with Gasteiger partial charge in [0, 0.05) is 12.5 Å². The summed E-state index contributed by atoms with van der Waals surface area (Å²) in [7, 11) is 1.50. The number of nitro benzene ring substituents is 1. The number of carboxylic acids is 1. The molecule has 0 saturated carbocycles. The molecule has 0 aliphatic heterocycles. The van der Waals surface area contributed by atoms with Gasteiger partial charge in [0.2, 0.25) is 0 Å². The molecule has 2 N–H and O–H groups in total. The highest BCUT2D eigenvalue weighted by molar-refractivity contribution is 5.78. The number of hydrogen-bond donors (Lipinski definition) is 2. The molecule has 1 unspecified atom stereocenters. The van der Waals surface area contributed by atoms with Crippen molar-refractivity contribution >= 4 is 11.7 Å². The second-order valence-corrected chi connectivity index (χ2v) is 4.36. The van der Waals surface area contributed by atoms with Gasteiger partial charge in [0.1, 0.15) is 5.54 Å². The van der Waals surface area contributed by atoms with Gasteiger partial charge in [-0.1, -0.05) is 0 Å². The molecule has 0 heterocycles. The minimum Gasteiger partial charge on any atom is -0.490 e. The van der Waals surface area contributed by atoms with Gasteiger partial charge in [0.25, 0.3) is 5.69 Å². The normalized spacial score (nSPS) is 13.6. The van der Waals surface area contributed by atoms with Crippen LogP contribution >= 0.6 is 0 Å². The van der Waals surface area contributed by atoms with Crippen LogP contribution in [0.15, 0.2) is 18.2 Å². The fourth-order valence-electron chi connectivity index (χ4n) is 1.42. The van der Waals surface area contributed by atoms with Gasteiger partial charge in [-0.25, -0.2) is 4.39 Å². The van der Waals surface area contributed by atoms with Crippen molar-refractivity contribution in [2.45, 2.75) is 18.9 Å². The summed E-state index contributed by atoms with van der Waals surface area (Å²) >= 11 is 0. The highest BCUT2D eigenvalue weighted by atomic mass is 19.1. The molecule has 0 amide bonds. The largest absolute Gasteiger partial charge is 0.490 e. The maximum absolute atomic E-state index is 13.5. The Morgan fingerprint density at radius 1 is 1.60 bits per heavy atom. The van der Waals surface area contributed by atoms with E-state index in [-0.39, 0.29) is 24.5 Å². The van der Waals surface area contributed by atoms with E-state index in [0.29, 0.717) is 0 Å². The molecule has 0 aromatic heterocycles. The number of carbonyl (C=O) groups is 1. The first kappa shape index (κ1) is 15.8. The zero-order valence-corrected chi connectivity index (χ0v) is 11.1. The number of benzene rings is 1. The lowest BCUT2D eigenvalue weighted by molar-refractivity contribution is -0.385. The molecule has 0 bridgehead atoms. The van der Waals surface area contributed by atoms with Gasteiger partial charge in [-0.05, 0) is 20.0 Å². The van der Waals surface area contributed by atoms with Gasteiger partial charge in [0.05, 0.1) is 17.6 Å². The van der Waals surface area contributed by atoms with E-state index >= 15 is 0 Å². The zero-order chi connectivity index (χ0) is 15.3. The lowest BCUT2D eigenvalue weighted by atomic mass is 9.99. The zero-order valence-electron chi connectivity index (χ0n) is 11.1. The number of nitrogens with one attached hydrogen (secondary N) is 1. The molecule has 1 aromatic rings. The van der Waals surface area contributed by atoms with Gasteiger partial charge in [0.15, 0.2) is 11.6 Å². The van der Waals surface area contributed by atoms with Crippen LogP contribution in [0.2, 0.25) is 0 Å². The van der Waals surface area contributed by atoms with Gasteiger partial charge in [-0.2, -0.15) is 0 Å². The first-order valence-electron chi connectivity index (χ1n) is 5.79. The summed E-state index contributed by atoms with van der Waals surface area (Å²) in [5.41, 5.74) is -1.56. The van der Waals surface area contributed by atoms with Crippen LogP contribution in [0.5, 0.6) is 5.75 Å². The topological polar surface area (TPSA) is 102 Å². The molecular formula is C12H15FN2O5. The van der Waals surface area contributed by atoms with E-state index in [4.69, 9.17) is 9.84 Å². The van der Waals surface area contributed by atoms with Crippen molar-refractivity contribution in [2.24, 2.45) is 0 Å². The van der Waals surface area contributed by atoms with Crippen LogP contribution in [0.3, 0.4) is 0 Å². The number of nitro groups is 1. The highest BCUT2D eigenvalue weighted by Crippen LogP contribution is 2.23. The van der Waals surface area contributed by atoms with Crippen LogP contribution in [-0.2, 0) is 4.79 Å². The summed E-state index contributed by atoms with van der Waals surface area (Å²) in [6.07, 6.45) is 0.106. The van der Waals surface area contributed by atoms with Gasteiger partial charge < -0.3 is 15.2 Å². The molecule has 1 rings (SSSR count). The molecule has 7 nitrogen and oxygen atoms in total. The van der Waals surface area contributed by atoms with E-state index in [0.717, 1.165) is 18.2 Å². The monoisotopic (exact) mass is 286 g/mol. The summed E-state index contributed by atoms with van der Waals surface area (Å²) in [5.74, 6) is -2.06. The van der Waals surface area contributed by atoms with Gasteiger partial charge in [-0.15, -0.1) is 0 Å². The quantitative estimate of drug-likeness (QED) is 0.582. The Morgan fingerprint density at radius 3 is 2.70 bits per heavy atom. The minimum atomic E-state index is -1.18. The molecule has 0 spiro atoms. The molecule has 8 heteroatoms. The van der Waals surface area contributed by atoms with Gasteiger partial charge in [-0.3, -0.25) is 14.9 Å². The molecule has 0 fully saturated rings. The molecule has 1 aromatic carbocycles. The third-order valence-electron chi connectivity index (χ3n) is 3.01. The Labute approximate surface area is 114 Å². The van der Waals surface area contributed by atoms with E-state index in [1.54, 1.807) is 0 Å². The van der Waals surface area contributed by atoms with Crippen molar-refractivity contribution in [3.8, 4) is 5.75 Å². The average molecular weight is 286 g/mol. The number of aliphatic carboxylic acids is 1. The second kappa shape index (κ2) is 6.29. The summed E-state index contributed by atoms with van der Waals surface area (Å²) in [5, 5.41) is 22.1. The van der Waals surface area contributed by atoms with Crippen molar-refractivity contribution < 1.29 is 24.0 Å². The minimum absolute atomic E-state index is 0.0433. The smallest absolute Gasteiger partial charge is 0.323 e. The molecule has 0 aliphatic rings. The van der Waals surface area contributed by atoms with E-state index < -0.39 is 22.2 Å². The number of likely N-dealkylation sites (N-methyl/N-ethyl adjacent to an activating group) is 1. The Morgan fingerprint density at radius 2 is 2.25 bits per heavy atom. The number of halogens is 1. The van der Waals surface area contributed by atoms with Crippen LogP contribution in [0.1, 0.15) is 13.3 Å². The highest BCUT2D eigenvalue weighted by Gasteiger charge is 2.30. The number of nitrogens with zero attached hydrogens (tertiary/aromatic N) is 1. The third-order valence-corrected chi connectivity index (χ3v) is 3.01. The van der Waals surface area contributed by atoms with Crippen LogP contribution in [0.4, 0.5) is 10.1 Å². The summed E-state index contributed by atoms with van der Waals surface area (Å²) in [6, 6.07) is 3.02. The molecule has 0 radical (unpaired) electrons. The van der Waals surface area contributed by atoms with Crippen LogP contribution < -0.4 is 10.1 Å². The van der Waals surface area contributed by atoms with Crippen molar-refractivity contribution in [1.29, 1.82) is 0 Å². The maximum atomic E-state index is 13.5. The fourth-order valence-corrected chi connectivity index (χ4v) is 1.42. The Bertz CT molecular complexity index is 523.